The van der Waals surface area contributed by atoms with Gasteiger partial charge < -0.3 is 10.6 Å². The molecule has 2 fully saturated rings. The van der Waals surface area contributed by atoms with Gasteiger partial charge >= 0.3 is 0 Å². The maximum atomic E-state index is 12.3. The molecular weight excluding hydrogens is 376 g/mol. The van der Waals surface area contributed by atoms with Crippen molar-refractivity contribution in [1.29, 1.82) is 0 Å². The van der Waals surface area contributed by atoms with Crippen molar-refractivity contribution in [3.63, 3.8) is 0 Å². The first-order valence-electron chi connectivity index (χ1n) is 10.2. The molecule has 3 rings (SSSR count). The molecule has 5 atom stereocenters. The van der Waals surface area contributed by atoms with E-state index in [0.717, 1.165) is 19.3 Å². The average Bonchev–Trinajstić information content (AvgIpc) is 2.67. The van der Waals surface area contributed by atoms with E-state index in [4.69, 9.17) is 0 Å². The number of benzene rings is 1. The van der Waals surface area contributed by atoms with Crippen molar-refractivity contribution in [3.05, 3.63) is 30.3 Å². The molecule has 2 N–H and O–H groups in total. The van der Waals surface area contributed by atoms with E-state index >= 15 is 0 Å². The molecule has 1 heterocycles. The highest BCUT2D eigenvalue weighted by Gasteiger charge is 2.43. The molecule has 0 radical (unpaired) electrons. The Labute approximate surface area is 167 Å². The monoisotopic (exact) mass is 406 g/mol. The molecule has 154 valence electrons. The number of piperidine rings is 1. The largest absolute Gasteiger partial charge is 0.353 e. The summed E-state index contributed by atoms with van der Waals surface area (Å²) in [7, 11) is -3.46. The minimum Gasteiger partial charge on any atom is -0.353 e. The normalized spacial score (nSPS) is 30.2. The fourth-order valence-corrected chi connectivity index (χ4v) is 6.04. The summed E-state index contributed by atoms with van der Waals surface area (Å²) in [5.74, 6) is 0.566. The van der Waals surface area contributed by atoms with Gasteiger partial charge in [-0.15, -0.1) is 0 Å². The maximum Gasteiger partial charge on any atom is 0.223 e. The van der Waals surface area contributed by atoms with E-state index in [9.17, 15) is 18.0 Å². The molecule has 7 heteroatoms. The van der Waals surface area contributed by atoms with E-state index in [0.29, 0.717) is 18.3 Å². The lowest BCUT2D eigenvalue weighted by Gasteiger charge is -2.46. The van der Waals surface area contributed by atoms with Gasteiger partial charge in [-0.2, -0.15) is 0 Å². The second kappa shape index (κ2) is 8.64. The third-order valence-electron chi connectivity index (χ3n) is 6.38. The van der Waals surface area contributed by atoms with Crippen LogP contribution in [0.1, 0.15) is 46.0 Å². The highest BCUT2D eigenvalue weighted by molar-refractivity contribution is 7.91. The van der Waals surface area contributed by atoms with Crippen molar-refractivity contribution in [1.82, 2.24) is 10.6 Å². The number of carbonyl (C=O) groups excluding carboxylic acids is 2. The van der Waals surface area contributed by atoms with Crippen LogP contribution in [0.25, 0.3) is 0 Å². The molecule has 0 aromatic heterocycles. The van der Waals surface area contributed by atoms with E-state index in [1.54, 1.807) is 30.3 Å². The van der Waals surface area contributed by atoms with E-state index in [1.807, 2.05) is 0 Å². The summed E-state index contributed by atoms with van der Waals surface area (Å²) < 4.78 is 24.6. The molecule has 0 spiro atoms. The van der Waals surface area contributed by atoms with Crippen LogP contribution < -0.4 is 10.6 Å². The predicted octanol–water partition coefficient (Wildman–Crippen LogP) is 2.30. The first-order valence-corrected chi connectivity index (χ1v) is 11.8. The van der Waals surface area contributed by atoms with E-state index < -0.39 is 9.84 Å². The van der Waals surface area contributed by atoms with Gasteiger partial charge in [0.05, 0.1) is 10.6 Å². The van der Waals surface area contributed by atoms with Crippen LogP contribution in [0.2, 0.25) is 0 Å². The Morgan fingerprint density at radius 3 is 2.61 bits per heavy atom. The van der Waals surface area contributed by atoms with Gasteiger partial charge in [-0.05, 0) is 49.7 Å². The van der Waals surface area contributed by atoms with Crippen LogP contribution in [0.4, 0.5) is 0 Å². The highest BCUT2D eigenvalue weighted by Crippen LogP contribution is 2.38. The van der Waals surface area contributed by atoms with Crippen LogP contribution in [0.15, 0.2) is 35.2 Å². The van der Waals surface area contributed by atoms with Crippen molar-refractivity contribution in [3.8, 4) is 0 Å². The van der Waals surface area contributed by atoms with Gasteiger partial charge in [-0.1, -0.05) is 32.0 Å². The number of amides is 2. The lowest BCUT2D eigenvalue weighted by Crippen LogP contribution is -2.58. The van der Waals surface area contributed by atoms with Gasteiger partial charge in [0.25, 0.3) is 0 Å². The fraction of sp³-hybridized carbons (Fsp3) is 0.619. The van der Waals surface area contributed by atoms with Gasteiger partial charge in [0.2, 0.25) is 11.8 Å². The number of hydrogen-bond donors (Lipinski definition) is 2. The Bertz CT molecular complexity index is 809. The Hall–Kier alpha value is -1.89. The number of rotatable bonds is 6. The van der Waals surface area contributed by atoms with Crippen molar-refractivity contribution in [2.75, 3.05) is 5.75 Å². The third-order valence-corrected chi connectivity index (χ3v) is 8.12. The zero-order valence-electron chi connectivity index (χ0n) is 16.6. The van der Waals surface area contributed by atoms with E-state index in [2.05, 4.69) is 24.5 Å². The predicted molar refractivity (Wildman–Crippen MR) is 107 cm³/mol. The maximum absolute atomic E-state index is 12.3. The first kappa shape index (κ1) is 20.8. The number of fused-ring (bicyclic) bond motifs is 1. The molecule has 2 aliphatic rings. The topological polar surface area (TPSA) is 92.3 Å². The van der Waals surface area contributed by atoms with Gasteiger partial charge in [0, 0.05) is 24.4 Å². The lowest BCUT2D eigenvalue weighted by atomic mass is 9.67. The van der Waals surface area contributed by atoms with Gasteiger partial charge in [0.1, 0.15) is 0 Å². The smallest absolute Gasteiger partial charge is 0.223 e. The minimum absolute atomic E-state index is 0.0149. The second-order valence-electron chi connectivity index (χ2n) is 8.11. The molecule has 6 nitrogen and oxygen atoms in total. The number of sulfone groups is 1. The van der Waals surface area contributed by atoms with E-state index in [1.165, 1.54) is 0 Å². The summed E-state index contributed by atoms with van der Waals surface area (Å²) in [4.78, 5) is 24.9. The molecular formula is C21H30N2O4S. The summed E-state index contributed by atoms with van der Waals surface area (Å²) in [5.41, 5.74) is 0. The van der Waals surface area contributed by atoms with Crippen LogP contribution in [0.5, 0.6) is 0 Å². The Morgan fingerprint density at radius 1 is 1.21 bits per heavy atom. The molecule has 1 aromatic carbocycles. The van der Waals surface area contributed by atoms with Gasteiger partial charge in [0.15, 0.2) is 9.84 Å². The molecule has 1 saturated carbocycles. The van der Waals surface area contributed by atoms with Crippen LogP contribution in [-0.4, -0.2) is 38.1 Å². The molecule has 2 amide bonds. The van der Waals surface area contributed by atoms with E-state index in [-0.39, 0.29) is 46.9 Å². The van der Waals surface area contributed by atoms with Crippen molar-refractivity contribution >= 4 is 21.7 Å². The Kier molecular flexibility index (Phi) is 6.43. The lowest BCUT2D eigenvalue weighted by molar-refractivity contribution is -0.133. The third kappa shape index (κ3) is 4.57. The summed E-state index contributed by atoms with van der Waals surface area (Å²) >= 11 is 0. The molecule has 1 aliphatic heterocycles. The average molecular weight is 407 g/mol. The summed E-state index contributed by atoms with van der Waals surface area (Å²) in [6.45, 7) is 4.22. The molecule has 1 aliphatic carbocycles. The van der Waals surface area contributed by atoms with Crippen molar-refractivity contribution in [2.24, 2.45) is 17.8 Å². The Balaban J connectivity index is 1.51. The summed E-state index contributed by atoms with van der Waals surface area (Å²) in [6, 6.07) is 8.28. The number of nitrogens with one attached hydrogen (secondary N) is 2. The highest BCUT2D eigenvalue weighted by atomic mass is 32.2. The standard InChI is InChI=1S/C21H30N2O4S/c1-3-17-14(2)18-10-9-15(13-19(18)23-21(17)25)22-20(24)11-12-28(26,27)16-7-5-4-6-8-16/h4-8,14-15,17-19H,3,9-13H2,1-2H3,(H,22,24)(H,23,25). The van der Waals surface area contributed by atoms with Crippen LogP contribution >= 0.6 is 0 Å². The Morgan fingerprint density at radius 2 is 1.93 bits per heavy atom. The molecule has 28 heavy (non-hydrogen) atoms. The van der Waals surface area contributed by atoms with Gasteiger partial charge in [-0.25, -0.2) is 8.42 Å². The van der Waals surface area contributed by atoms with Crippen molar-refractivity contribution in [2.45, 2.75) is 62.9 Å². The first-order chi connectivity index (χ1) is 13.3. The van der Waals surface area contributed by atoms with Gasteiger partial charge in [-0.3, -0.25) is 9.59 Å². The zero-order chi connectivity index (χ0) is 20.3. The summed E-state index contributed by atoms with van der Waals surface area (Å²) in [5, 5.41) is 6.12. The second-order valence-corrected chi connectivity index (χ2v) is 10.2. The number of carbonyl (C=O) groups is 2. The quantitative estimate of drug-likeness (QED) is 0.758. The SMILES string of the molecule is CCC1C(=O)NC2CC(NC(=O)CCS(=O)(=O)c3ccccc3)CCC2C1C. The molecule has 5 unspecified atom stereocenters. The van der Waals surface area contributed by atoms with Crippen LogP contribution in [-0.2, 0) is 19.4 Å². The van der Waals surface area contributed by atoms with Crippen LogP contribution in [0.3, 0.4) is 0 Å². The molecule has 1 aromatic rings. The zero-order valence-corrected chi connectivity index (χ0v) is 17.4. The fourth-order valence-electron chi connectivity index (χ4n) is 4.78. The number of hydrogen-bond acceptors (Lipinski definition) is 4. The minimum atomic E-state index is -3.46. The van der Waals surface area contributed by atoms with Crippen LogP contribution in [0, 0.1) is 17.8 Å². The van der Waals surface area contributed by atoms with Crippen molar-refractivity contribution < 1.29 is 18.0 Å². The summed E-state index contributed by atoms with van der Waals surface area (Å²) in [6.07, 6.45) is 3.36. The molecule has 1 saturated heterocycles. The molecule has 0 bridgehead atoms.